The highest BCUT2D eigenvalue weighted by molar-refractivity contribution is 7.19. The summed E-state index contributed by atoms with van der Waals surface area (Å²) in [6, 6.07) is 0.376. The van der Waals surface area contributed by atoms with Gasteiger partial charge >= 0.3 is 0 Å². The summed E-state index contributed by atoms with van der Waals surface area (Å²) in [6.45, 7) is 2.06. The van der Waals surface area contributed by atoms with Gasteiger partial charge in [0.05, 0.1) is 6.20 Å². The van der Waals surface area contributed by atoms with Crippen molar-refractivity contribution in [1.29, 1.82) is 0 Å². The van der Waals surface area contributed by atoms with E-state index in [4.69, 9.17) is 11.5 Å². The molecule has 0 unspecified atom stereocenters. The van der Waals surface area contributed by atoms with E-state index in [0.717, 1.165) is 25.9 Å². The number of hydrogen-bond acceptors (Lipinski definition) is 5. The van der Waals surface area contributed by atoms with E-state index < -0.39 is 0 Å². The van der Waals surface area contributed by atoms with Crippen LogP contribution in [-0.2, 0) is 0 Å². The van der Waals surface area contributed by atoms with Crippen LogP contribution in [0.1, 0.15) is 12.8 Å². The van der Waals surface area contributed by atoms with Crippen molar-refractivity contribution in [2.45, 2.75) is 18.9 Å². The smallest absolute Gasteiger partial charge is 0.181 e. The highest BCUT2D eigenvalue weighted by atomic mass is 32.1. The highest BCUT2D eigenvalue weighted by Gasteiger charge is 2.17. The maximum absolute atomic E-state index is 5.82. The largest absolute Gasteiger partial charge is 0.375 e. The third-order valence-electron chi connectivity index (χ3n) is 2.36. The van der Waals surface area contributed by atoms with E-state index in [1.54, 1.807) is 11.3 Å². The van der Waals surface area contributed by atoms with Crippen LogP contribution >= 0.6 is 11.3 Å². The fourth-order valence-corrected chi connectivity index (χ4v) is 2.28. The van der Waals surface area contributed by atoms with E-state index in [1.807, 2.05) is 6.20 Å². The third-order valence-corrected chi connectivity index (χ3v) is 3.25. The Balaban J connectivity index is 2.02. The minimum absolute atomic E-state index is 0.376. The summed E-state index contributed by atoms with van der Waals surface area (Å²) in [5, 5.41) is 1.81. The molecule has 4 nitrogen and oxygen atoms in total. The number of anilines is 2. The standard InChI is InChI=1S/C8H14N4S/c9-6-1-3-12(4-2-6)7-5-11-8(10)13-7/h5-6H,1-4,9H2,(H2,10,11). The first-order chi connectivity index (χ1) is 6.25. The molecule has 1 fully saturated rings. The first kappa shape index (κ1) is 8.77. The predicted octanol–water partition coefficient (Wildman–Crippen LogP) is 0.653. The van der Waals surface area contributed by atoms with Gasteiger partial charge in [-0.25, -0.2) is 4.98 Å². The molecule has 4 N–H and O–H groups in total. The highest BCUT2D eigenvalue weighted by Crippen LogP contribution is 2.27. The number of hydrogen-bond donors (Lipinski definition) is 2. The Morgan fingerprint density at radius 3 is 2.69 bits per heavy atom. The zero-order chi connectivity index (χ0) is 9.26. The number of piperidine rings is 1. The minimum Gasteiger partial charge on any atom is -0.375 e. The van der Waals surface area contributed by atoms with Crippen LogP contribution in [-0.4, -0.2) is 24.1 Å². The summed E-state index contributed by atoms with van der Waals surface area (Å²) < 4.78 is 0. The van der Waals surface area contributed by atoms with Gasteiger partial charge in [0, 0.05) is 19.1 Å². The van der Waals surface area contributed by atoms with Gasteiger partial charge in [-0.2, -0.15) is 0 Å². The van der Waals surface area contributed by atoms with Crippen LogP contribution in [0, 0.1) is 0 Å². The summed E-state index contributed by atoms with van der Waals surface area (Å²) in [5.74, 6) is 0. The second-order valence-corrected chi connectivity index (χ2v) is 4.40. The lowest BCUT2D eigenvalue weighted by Gasteiger charge is -2.30. The second-order valence-electron chi connectivity index (χ2n) is 3.36. The first-order valence-electron chi connectivity index (χ1n) is 4.47. The average molecular weight is 198 g/mol. The van der Waals surface area contributed by atoms with Gasteiger partial charge in [0.25, 0.3) is 0 Å². The number of rotatable bonds is 1. The van der Waals surface area contributed by atoms with E-state index in [9.17, 15) is 0 Å². The normalized spacial score (nSPS) is 19.3. The Morgan fingerprint density at radius 2 is 2.15 bits per heavy atom. The fraction of sp³-hybridized carbons (Fsp3) is 0.625. The Kier molecular flexibility index (Phi) is 2.37. The molecule has 1 aliphatic rings. The van der Waals surface area contributed by atoms with Crippen molar-refractivity contribution >= 4 is 21.5 Å². The molecular weight excluding hydrogens is 184 g/mol. The molecule has 2 rings (SSSR count). The molecule has 72 valence electrons. The predicted molar refractivity (Wildman–Crippen MR) is 55.9 cm³/mol. The monoisotopic (exact) mass is 198 g/mol. The molecule has 0 saturated carbocycles. The van der Waals surface area contributed by atoms with Crippen LogP contribution in [0.25, 0.3) is 0 Å². The molecule has 1 saturated heterocycles. The lowest BCUT2D eigenvalue weighted by molar-refractivity contribution is 0.503. The van der Waals surface area contributed by atoms with E-state index in [2.05, 4.69) is 9.88 Å². The number of nitrogens with two attached hydrogens (primary N) is 2. The Bertz CT molecular complexity index is 277. The van der Waals surface area contributed by atoms with Gasteiger partial charge in [0.1, 0.15) is 5.00 Å². The number of nitrogen functional groups attached to an aromatic ring is 1. The maximum Gasteiger partial charge on any atom is 0.181 e. The molecule has 0 spiro atoms. The molecule has 0 aromatic carbocycles. The summed E-state index contributed by atoms with van der Waals surface area (Å²) in [7, 11) is 0. The van der Waals surface area contributed by atoms with Gasteiger partial charge in [-0.3, -0.25) is 0 Å². The van der Waals surface area contributed by atoms with Crippen molar-refractivity contribution < 1.29 is 0 Å². The van der Waals surface area contributed by atoms with Crippen molar-refractivity contribution in [3.63, 3.8) is 0 Å². The number of aromatic nitrogens is 1. The van der Waals surface area contributed by atoms with Crippen LogP contribution < -0.4 is 16.4 Å². The van der Waals surface area contributed by atoms with Crippen LogP contribution in [0.4, 0.5) is 10.1 Å². The molecule has 0 amide bonds. The van der Waals surface area contributed by atoms with Crippen molar-refractivity contribution in [2.24, 2.45) is 5.73 Å². The van der Waals surface area contributed by atoms with Crippen LogP contribution in [0.3, 0.4) is 0 Å². The average Bonchev–Trinajstić information content (AvgIpc) is 2.53. The van der Waals surface area contributed by atoms with Crippen molar-refractivity contribution in [1.82, 2.24) is 4.98 Å². The van der Waals surface area contributed by atoms with Gasteiger partial charge in [-0.05, 0) is 12.8 Å². The van der Waals surface area contributed by atoms with Crippen LogP contribution in [0.2, 0.25) is 0 Å². The van der Waals surface area contributed by atoms with Crippen LogP contribution in [0.5, 0.6) is 0 Å². The quantitative estimate of drug-likeness (QED) is 0.695. The minimum atomic E-state index is 0.376. The summed E-state index contributed by atoms with van der Waals surface area (Å²) in [4.78, 5) is 6.34. The molecule has 1 aliphatic heterocycles. The van der Waals surface area contributed by atoms with Gasteiger partial charge < -0.3 is 16.4 Å². The number of thiazole rings is 1. The molecule has 1 aromatic rings. The third kappa shape index (κ3) is 1.92. The van der Waals surface area contributed by atoms with Gasteiger partial charge in [0.2, 0.25) is 0 Å². The molecule has 5 heteroatoms. The van der Waals surface area contributed by atoms with Gasteiger partial charge in [-0.15, -0.1) is 0 Å². The van der Waals surface area contributed by atoms with Crippen molar-refractivity contribution in [3.05, 3.63) is 6.20 Å². The Morgan fingerprint density at radius 1 is 1.46 bits per heavy atom. The zero-order valence-corrected chi connectivity index (χ0v) is 8.26. The van der Waals surface area contributed by atoms with E-state index in [0.29, 0.717) is 11.2 Å². The zero-order valence-electron chi connectivity index (χ0n) is 7.44. The van der Waals surface area contributed by atoms with E-state index in [1.165, 1.54) is 5.00 Å². The van der Waals surface area contributed by atoms with E-state index >= 15 is 0 Å². The van der Waals surface area contributed by atoms with Crippen molar-refractivity contribution in [3.8, 4) is 0 Å². The molecule has 0 radical (unpaired) electrons. The molecule has 0 bridgehead atoms. The second kappa shape index (κ2) is 3.51. The Labute approximate surface area is 81.5 Å². The van der Waals surface area contributed by atoms with Crippen molar-refractivity contribution in [2.75, 3.05) is 23.7 Å². The van der Waals surface area contributed by atoms with Gasteiger partial charge in [0.15, 0.2) is 5.13 Å². The molecule has 2 heterocycles. The lowest BCUT2D eigenvalue weighted by Crippen LogP contribution is -2.39. The molecule has 1 aromatic heterocycles. The number of nitrogens with zero attached hydrogens (tertiary/aromatic N) is 2. The summed E-state index contributed by atoms with van der Waals surface area (Å²) in [6.07, 6.45) is 3.98. The van der Waals surface area contributed by atoms with Gasteiger partial charge in [-0.1, -0.05) is 11.3 Å². The lowest BCUT2D eigenvalue weighted by atomic mass is 10.1. The first-order valence-corrected chi connectivity index (χ1v) is 5.29. The fourth-order valence-electron chi connectivity index (χ4n) is 1.54. The summed E-state index contributed by atoms with van der Waals surface area (Å²) >= 11 is 1.55. The Hall–Kier alpha value is -0.810. The maximum atomic E-state index is 5.82. The molecule has 13 heavy (non-hydrogen) atoms. The molecular formula is C8H14N4S. The topological polar surface area (TPSA) is 68.2 Å². The summed E-state index contributed by atoms with van der Waals surface area (Å²) in [5.41, 5.74) is 11.4. The molecule has 0 aliphatic carbocycles. The van der Waals surface area contributed by atoms with E-state index in [-0.39, 0.29) is 0 Å². The SMILES string of the molecule is Nc1ncc(N2CCC(N)CC2)s1. The van der Waals surface area contributed by atoms with Crippen LogP contribution in [0.15, 0.2) is 6.20 Å². The molecule has 0 atom stereocenters.